The Kier molecular flexibility index (Phi) is 4.85. The van der Waals surface area contributed by atoms with E-state index in [9.17, 15) is 9.18 Å². The number of nitrogens with one attached hydrogen (secondary N) is 1. The number of anilines is 2. The zero-order valence-corrected chi connectivity index (χ0v) is 16.5. The fourth-order valence-corrected chi connectivity index (χ4v) is 4.06. The number of nitrogens with zero attached hydrogens (tertiary/aromatic N) is 2. The first-order valence-electron chi connectivity index (χ1n) is 10.1. The molecule has 5 rings (SSSR count). The van der Waals surface area contributed by atoms with Gasteiger partial charge in [-0.25, -0.2) is 4.39 Å². The van der Waals surface area contributed by atoms with E-state index in [0.29, 0.717) is 22.7 Å². The van der Waals surface area contributed by atoms with Crippen molar-refractivity contribution in [1.29, 1.82) is 0 Å². The first-order chi connectivity index (χ1) is 14.7. The second-order valence-electron chi connectivity index (χ2n) is 7.48. The molecule has 0 aromatic heterocycles. The fraction of sp³-hybridized carbons (Fsp3) is 0.208. The smallest absolute Gasteiger partial charge is 0.262 e. The molecule has 6 heteroatoms. The summed E-state index contributed by atoms with van der Waals surface area (Å²) in [4.78, 5) is 17.6. The molecule has 1 fully saturated rings. The molecule has 1 saturated heterocycles. The molecule has 0 spiro atoms. The molecule has 2 aliphatic heterocycles. The van der Waals surface area contributed by atoms with Crippen LogP contribution in [0.4, 0.5) is 15.8 Å². The number of amides is 1. The summed E-state index contributed by atoms with van der Waals surface area (Å²) in [5.74, 6) is 0.721. The van der Waals surface area contributed by atoms with Crippen LogP contribution in [0.15, 0.2) is 66.7 Å². The van der Waals surface area contributed by atoms with E-state index in [2.05, 4.69) is 10.2 Å². The second kappa shape index (κ2) is 7.80. The number of ether oxygens (including phenoxy) is 1. The van der Waals surface area contributed by atoms with Gasteiger partial charge in [0.25, 0.3) is 5.91 Å². The van der Waals surface area contributed by atoms with Gasteiger partial charge < -0.3 is 19.9 Å². The normalized spacial score (nSPS) is 15.8. The van der Waals surface area contributed by atoms with E-state index in [1.807, 2.05) is 42.5 Å². The Morgan fingerprint density at radius 2 is 1.70 bits per heavy atom. The highest BCUT2D eigenvalue weighted by Crippen LogP contribution is 2.44. The van der Waals surface area contributed by atoms with Gasteiger partial charge in [0.1, 0.15) is 5.82 Å². The van der Waals surface area contributed by atoms with Crippen molar-refractivity contribution in [2.75, 3.05) is 36.0 Å². The number of piperazine rings is 1. The molecule has 3 aromatic rings. The molecule has 0 atom stereocenters. The average molecular weight is 403 g/mol. The van der Waals surface area contributed by atoms with Gasteiger partial charge in [-0.2, -0.15) is 0 Å². The second-order valence-corrected chi connectivity index (χ2v) is 7.48. The Bertz CT molecular complexity index is 1100. The monoisotopic (exact) mass is 403 g/mol. The van der Waals surface area contributed by atoms with Crippen molar-refractivity contribution >= 4 is 17.3 Å². The largest absolute Gasteiger partial charge is 0.452 e. The number of hydrogen-bond acceptors (Lipinski definition) is 4. The molecule has 0 unspecified atom stereocenters. The van der Waals surface area contributed by atoms with Gasteiger partial charge in [0.05, 0.1) is 23.5 Å². The zero-order chi connectivity index (χ0) is 20.5. The van der Waals surface area contributed by atoms with Crippen molar-refractivity contribution in [2.24, 2.45) is 0 Å². The van der Waals surface area contributed by atoms with E-state index >= 15 is 0 Å². The van der Waals surface area contributed by atoms with E-state index in [-0.39, 0.29) is 18.3 Å². The first-order valence-corrected chi connectivity index (χ1v) is 10.1. The third-order valence-electron chi connectivity index (χ3n) is 5.53. The lowest BCUT2D eigenvalue weighted by atomic mass is 10.1. The average Bonchev–Trinajstić information content (AvgIpc) is 2.89. The van der Waals surface area contributed by atoms with Gasteiger partial charge in [0.15, 0.2) is 11.5 Å². The highest BCUT2D eigenvalue weighted by molar-refractivity contribution is 6.10. The molecule has 2 aliphatic rings. The first kappa shape index (κ1) is 18.6. The van der Waals surface area contributed by atoms with Crippen molar-refractivity contribution in [3.05, 3.63) is 83.7 Å². The summed E-state index contributed by atoms with van der Waals surface area (Å²) in [6.07, 6.45) is 0. The molecule has 5 nitrogen and oxygen atoms in total. The maximum atomic E-state index is 13.8. The molecule has 0 radical (unpaired) electrons. The van der Waals surface area contributed by atoms with Gasteiger partial charge in [-0.3, -0.25) is 4.79 Å². The Morgan fingerprint density at radius 1 is 0.933 bits per heavy atom. The van der Waals surface area contributed by atoms with Crippen LogP contribution in [0.3, 0.4) is 0 Å². The molecule has 1 amide bonds. The minimum absolute atomic E-state index is 0.156. The molecule has 0 aliphatic carbocycles. The summed E-state index contributed by atoms with van der Waals surface area (Å²) in [6.45, 7) is 3.74. The van der Waals surface area contributed by atoms with Crippen LogP contribution >= 0.6 is 0 Å². The summed E-state index contributed by atoms with van der Waals surface area (Å²) < 4.78 is 20.1. The van der Waals surface area contributed by atoms with Crippen molar-refractivity contribution < 1.29 is 13.9 Å². The van der Waals surface area contributed by atoms with E-state index in [1.54, 1.807) is 17.0 Å². The molecule has 3 aromatic carbocycles. The number of hydrogen-bond donors (Lipinski definition) is 1. The molecule has 30 heavy (non-hydrogen) atoms. The van der Waals surface area contributed by atoms with Gasteiger partial charge >= 0.3 is 0 Å². The topological polar surface area (TPSA) is 44.8 Å². The number of benzene rings is 3. The van der Waals surface area contributed by atoms with Crippen LogP contribution in [0.1, 0.15) is 15.9 Å². The molecule has 0 bridgehead atoms. The van der Waals surface area contributed by atoms with Gasteiger partial charge in [-0.15, -0.1) is 0 Å². The summed E-state index contributed by atoms with van der Waals surface area (Å²) in [5.41, 5.74) is 2.83. The third kappa shape index (κ3) is 3.39. The lowest BCUT2D eigenvalue weighted by Crippen LogP contribution is -2.43. The highest BCUT2D eigenvalue weighted by Gasteiger charge is 2.31. The minimum atomic E-state index is -0.319. The molecule has 152 valence electrons. The van der Waals surface area contributed by atoms with Crippen LogP contribution in [0.25, 0.3) is 0 Å². The maximum Gasteiger partial charge on any atom is 0.262 e. The van der Waals surface area contributed by atoms with Crippen LogP contribution in [0, 0.1) is 5.82 Å². The predicted octanol–water partition coefficient (Wildman–Crippen LogP) is 4.19. The lowest BCUT2D eigenvalue weighted by molar-refractivity contribution is 0.0985. The SMILES string of the molecule is O=C1c2cccc(N3CCNCC3)c2Oc2ccccc2N1Cc1cccc(F)c1. The minimum Gasteiger partial charge on any atom is -0.452 e. The number of fused-ring (bicyclic) bond motifs is 2. The van der Waals surface area contributed by atoms with E-state index in [1.165, 1.54) is 12.1 Å². The Morgan fingerprint density at radius 3 is 2.53 bits per heavy atom. The molecule has 2 heterocycles. The van der Waals surface area contributed by atoms with Crippen LogP contribution in [-0.4, -0.2) is 32.1 Å². The number of halogens is 1. The zero-order valence-electron chi connectivity index (χ0n) is 16.5. The number of carbonyl (C=O) groups excluding carboxylic acids is 1. The third-order valence-corrected chi connectivity index (χ3v) is 5.53. The predicted molar refractivity (Wildman–Crippen MR) is 115 cm³/mol. The fourth-order valence-electron chi connectivity index (χ4n) is 4.06. The van der Waals surface area contributed by atoms with Crippen molar-refractivity contribution in [3.8, 4) is 11.5 Å². The van der Waals surface area contributed by atoms with Gasteiger partial charge in [0.2, 0.25) is 0 Å². The van der Waals surface area contributed by atoms with Crippen molar-refractivity contribution in [2.45, 2.75) is 6.54 Å². The molecular weight excluding hydrogens is 381 g/mol. The lowest BCUT2D eigenvalue weighted by Gasteiger charge is -2.31. The summed E-state index contributed by atoms with van der Waals surface area (Å²) in [5, 5.41) is 3.35. The Hall–Kier alpha value is -3.38. The molecule has 0 saturated carbocycles. The van der Waals surface area contributed by atoms with E-state index in [0.717, 1.165) is 37.4 Å². The molecular formula is C24H22FN3O2. The quantitative estimate of drug-likeness (QED) is 0.712. The van der Waals surface area contributed by atoms with Gasteiger partial charge in [0, 0.05) is 26.2 Å². The number of carbonyl (C=O) groups is 1. The standard InChI is InChI=1S/C24H22FN3O2/c25-18-6-3-5-17(15-18)16-28-20-8-1-2-10-22(20)30-23-19(24(28)29)7-4-9-21(23)27-13-11-26-12-14-27/h1-10,15,26H,11-14,16H2. The summed E-state index contributed by atoms with van der Waals surface area (Å²) in [6, 6.07) is 19.5. The summed E-state index contributed by atoms with van der Waals surface area (Å²) in [7, 11) is 0. The molecule has 1 N–H and O–H groups in total. The summed E-state index contributed by atoms with van der Waals surface area (Å²) >= 11 is 0. The van der Waals surface area contributed by atoms with E-state index in [4.69, 9.17) is 4.74 Å². The highest BCUT2D eigenvalue weighted by atomic mass is 19.1. The van der Waals surface area contributed by atoms with Crippen molar-refractivity contribution in [1.82, 2.24) is 5.32 Å². The van der Waals surface area contributed by atoms with Gasteiger partial charge in [-0.05, 0) is 42.0 Å². The van der Waals surface area contributed by atoms with Crippen molar-refractivity contribution in [3.63, 3.8) is 0 Å². The Balaban J connectivity index is 1.61. The van der Waals surface area contributed by atoms with E-state index < -0.39 is 0 Å². The Labute approximate surface area is 174 Å². The van der Waals surface area contributed by atoms with Gasteiger partial charge in [-0.1, -0.05) is 30.3 Å². The number of para-hydroxylation sites is 3. The van der Waals surface area contributed by atoms with Crippen LogP contribution in [0.5, 0.6) is 11.5 Å². The maximum absolute atomic E-state index is 13.8. The van der Waals surface area contributed by atoms with Crippen LogP contribution in [0.2, 0.25) is 0 Å². The van der Waals surface area contributed by atoms with Crippen LogP contribution in [-0.2, 0) is 6.54 Å². The van der Waals surface area contributed by atoms with Crippen LogP contribution < -0.4 is 19.9 Å². The number of rotatable bonds is 3.